The number of carbonyl (C=O) groups excluding carboxylic acids is 2. The second-order valence-electron chi connectivity index (χ2n) is 10.00. The van der Waals surface area contributed by atoms with Crippen LogP contribution in [0.5, 0.6) is 17.2 Å². The predicted molar refractivity (Wildman–Crippen MR) is 157 cm³/mol. The first-order valence-corrected chi connectivity index (χ1v) is 13.8. The van der Waals surface area contributed by atoms with Gasteiger partial charge in [-0.15, -0.1) is 0 Å². The van der Waals surface area contributed by atoms with E-state index in [-0.39, 0.29) is 23.6 Å². The van der Waals surface area contributed by atoms with Gasteiger partial charge in [0.15, 0.2) is 0 Å². The molecule has 2 amide bonds. The maximum absolute atomic E-state index is 13.3. The Morgan fingerprint density at radius 3 is 2.34 bits per heavy atom. The SMILES string of the molecule is CCOc1ccc(C(=O)Nc2ccc(-c3cc(C4CCCC4)n(C(=O)NCc4ccc(OC)cc4)n3)c(O)c2)cc1. The summed E-state index contributed by atoms with van der Waals surface area (Å²) in [5, 5.41) is 21.3. The molecule has 1 aromatic heterocycles. The van der Waals surface area contributed by atoms with Gasteiger partial charge in [0.1, 0.15) is 17.2 Å². The Balaban J connectivity index is 1.33. The van der Waals surface area contributed by atoms with Crippen LogP contribution in [0.3, 0.4) is 0 Å². The molecule has 9 nitrogen and oxygen atoms in total. The number of amides is 2. The second-order valence-corrected chi connectivity index (χ2v) is 10.00. The largest absolute Gasteiger partial charge is 0.507 e. The number of rotatable bonds is 9. The summed E-state index contributed by atoms with van der Waals surface area (Å²) in [6, 6.07) is 20.8. The quantitative estimate of drug-likeness (QED) is 0.223. The van der Waals surface area contributed by atoms with Gasteiger partial charge in [0, 0.05) is 35.3 Å². The van der Waals surface area contributed by atoms with Gasteiger partial charge in [0.25, 0.3) is 5.91 Å². The minimum Gasteiger partial charge on any atom is -0.507 e. The van der Waals surface area contributed by atoms with Crippen molar-refractivity contribution in [3.63, 3.8) is 0 Å². The lowest BCUT2D eigenvalue weighted by molar-refractivity contribution is 0.102. The minimum absolute atomic E-state index is 0.0456. The Kier molecular flexibility index (Phi) is 8.53. The first kappa shape index (κ1) is 27.8. The highest BCUT2D eigenvalue weighted by molar-refractivity contribution is 6.04. The summed E-state index contributed by atoms with van der Waals surface area (Å²) in [4.78, 5) is 26.0. The molecule has 1 aliphatic rings. The maximum atomic E-state index is 13.3. The molecular formula is C32H34N4O5. The maximum Gasteiger partial charge on any atom is 0.342 e. The lowest BCUT2D eigenvalue weighted by Gasteiger charge is -2.12. The van der Waals surface area contributed by atoms with Gasteiger partial charge in [-0.1, -0.05) is 25.0 Å². The Morgan fingerprint density at radius 2 is 1.68 bits per heavy atom. The van der Waals surface area contributed by atoms with Crippen LogP contribution in [0.15, 0.2) is 72.8 Å². The summed E-state index contributed by atoms with van der Waals surface area (Å²) in [7, 11) is 1.61. The summed E-state index contributed by atoms with van der Waals surface area (Å²) >= 11 is 0. The van der Waals surface area contributed by atoms with Crippen molar-refractivity contribution in [1.29, 1.82) is 0 Å². The smallest absolute Gasteiger partial charge is 0.342 e. The predicted octanol–water partition coefficient (Wildman–Crippen LogP) is 6.33. The Morgan fingerprint density at radius 1 is 0.976 bits per heavy atom. The number of nitrogens with one attached hydrogen (secondary N) is 2. The van der Waals surface area contributed by atoms with Crippen LogP contribution in [-0.2, 0) is 6.54 Å². The van der Waals surface area contributed by atoms with Crippen LogP contribution in [0.2, 0.25) is 0 Å². The first-order valence-electron chi connectivity index (χ1n) is 13.8. The molecule has 1 aliphatic carbocycles. The number of phenolic OH excluding ortho intramolecular Hbond substituents is 1. The Labute approximate surface area is 239 Å². The van der Waals surface area contributed by atoms with Crippen LogP contribution in [0.4, 0.5) is 10.5 Å². The average Bonchev–Trinajstić information content (AvgIpc) is 3.68. The van der Waals surface area contributed by atoms with E-state index < -0.39 is 0 Å². The van der Waals surface area contributed by atoms with Crippen LogP contribution >= 0.6 is 0 Å². The van der Waals surface area contributed by atoms with E-state index in [2.05, 4.69) is 15.7 Å². The van der Waals surface area contributed by atoms with Gasteiger partial charge in [-0.25, -0.2) is 4.79 Å². The number of ether oxygens (including phenoxy) is 2. The van der Waals surface area contributed by atoms with E-state index in [0.717, 1.165) is 42.7 Å². The van der Waals surface area contributed by atoms with Crippen LogP contribution in [0.25, 0.3) is 11.3 Å². The molecule has 0 aliphatic heterocycles. The summed E-state index contributed by atoms with van der Waals surface area (Å²) in [6.45, 7) is 2.79. The molecular weight excluding hydrogens is 520 g/mol. The molecule has 4 aromatic rings. The molecule has 0 unspecified atom stereocenters. The molecule has 5 rings (SSSR count). The molecule has 0 spiro atoms. The lowest BCUT2D eigenvalue weighted by Crippen LogP contribution is -2.30. The Bertz CT molecular complexity index is 1510. The number of hydrogen-bond acceptors (Lipinski definition) is 6. The van der Waals surface area contributed by atoms with Crippen LogP contribution in [0.1, 0.15) is 60.1 Å². The molecule has 0 atom stereocenters. The van der Waals surface area contributed by atoms with Crippen molar-refractivity contribution in [2.45, 2.75) is 45.1 Å². The molecule has 0 radical (unpaired) electrons. The lowest BCUT2D eigenvalue weighted by atomic mass is 10.0. The van der Waals surface area contributed by atoms with Crippen LogP contribution in [-0.4, -0.2) is 40.5 Å². The van der Waals surface area contributed by atoms with Crippen molar-refractivity contribution in [1.82, 2.24) is 15.1 Å². The molecule has 212 valence electrons. The standard InChI is InChI=1S/C32H34N4O5/c1-3-41-26-15-10-23(11-16-26)31(38)34-24-12-17-27(30(37)18-24)28-19-29(22-6-4-5-7-22)36(35-28)32(39)33-20-21-8-13-25(40-2)14-9-21/h8-19,22,37H,3-7,20H2,1-2H3,(H,33,39)(H,34,38). The topological polar surface area (TPSA) is 115 Å². The Hall–Kier alpha value is -4.79. The molecule has 0 bridgehead atoms. The normalized spacial score (nSPS) is 13.1. The summed E-state index contributed by atoms with van der Waals surface area (Å²) in [5.74, 6) is 1.31. The number of nitrogens with zero attached hydrogens (tertiary/aromatic N) is 2. The third-order valence-electron chi connectivity index (χ3n) is 7.26. The number of aromatic hydroxyl groups is 1. The van der Waals surface area contributed by atoms with Crippen LogP contribution in [0, 0.1) is 0 Å². The molecule has 1 fully saturated rings. The van der Waals surface area contributed by atoms with Gasteiger partial charge < -0.3 is 25.2 Å². The number of hydrogen-bond donors (Lipinski definition) is 3. The van der Waals surface area contributed by atoms with Crippen molar-refractivity contribution < 1.29 is 24.2 Å². The first-order chi connectivity index (χ1) is 19.9. The fraction of sp³-hybridized carbons (Fsp3) is 0.281. The zero-order chi connectivity index (χ0) is 28.8. The fourth-order valence-corrected chi connectivity index (χ4v) is 5.10. The van der Waals surface area contributed by atoms with Gasteiger partial charge >= 0.3 is 6.03 Å². The van der Waals surface area contributed by atoms with Gasteiger partial charge in [0.2, 0.25) is 0 Å². The van der Waals surface area contributed by atoms with Gasteiger partial charge in [-0.05, 0) is 79.9 Å². The molecule has 1 heterocycles. The minimum atomic E-state index is -0.326. The number of anilines is 1. The van der Waals surface area contributed by atoms with E-state index in [9.17, 15) is 14.7 Å². The van der Waals surface area contributed by atoms with E-state index in [1.165, 1.54) is 10.7 Å². The van der Waals surface area contributed by atoms with E-state index in [4.69, 9.17) is 9.47 Å². The van der Waals surface area contributed by atoms with Gasteiger partial charge in [-0.3, -0.25) is 4.79 Å². The number of carbonyl (C=O) groups is 2. The van der Waals surface area contributed by atoms with E-state index >= 15 is 0 Å². The van der Waals surface area contributed by atoms with E-state index in [1.807, 2.05) is 37.3 Å². The van der Waals surface area contributed by atoms with Crippen molar-refractivity contribution in [2.24, 2.45) is 0 Å². The van der Waals surface area contributed by atoms with Crippen molar-refractivity contribution in [3.05, 3.63) is 89.6 Å². The zero-order valence-corrected chi connectivity index (χ0v) is 23.2. The molecule has 9 heteroatoms. The number of benzene rings is 3. The number of methoxy groups -OCH3 is 1. The van der Waals surface area contributed by atoms with Gasteiger partial charge in [0.05, 0.1) is 25.1 Å². The number of phenols is 1. The second kappa shape index (κ2) is 12.6. The summed E-state index contributed by atoms with van der Waals surface area (Å²) < 4.78 is 12.1. The van der Waals surface area contributed by atoms with E-state index in [1.54, 1.807) is 43.5 Å². The fourth-order valence-electron chi connectivity index (χ4n) is 5.10. The molecule has 3 aromatic carbocycles. The highest BCUT2D eigenvalue weighted by Gasteiger charge is 2.26. The van der Waals surface area contributed by atoms with Crippen molar-refractivity contribution >= 4 is 17.6 Å². The average molecular weight is 555 g/mol. The molecule has 0 saturated heterocycles. The number of aromatic nitrogens is 2. The third-order valence-corrected chi connectivity index (χ3v) is 7.26. The zero-order valence-electron chi connectivity index (χ0n) is 23.2. The molecule has 41 heavy (non-hydrogen) atoms. The summed E-state index contributed by atoms with van der Waals surface area (Å²) in [6.07, 6.45) is 4.18. The highest BCUT2D eigenvalue weighted by atomic mass is 16.5. The van der Waals surface area contributed by atoms with Crippen molar-refractivity contribution in [3.8, 4) is 28.5 Å². The monoisotopic (exact) mass is 554 g/mol. The third kappa shape index (κ3) is 6.51. The van der Waals surface area contributed by atoms with Crippen molar-refractivity contribution in [2.75, 3.05) is 19.0 Å². The van der Waals surface area contributed by atoms with Gasteiger partial charge in [-0.2, -0.15) is 9.78 Å². The van der Waals surface area contributed by atoms with Crippen LogP contribution < -0.4 is 20.1 Å². The highest BCUT2D eigenvalue weighted by Crippen LogP contribution is 2.38. The van der Waals surface area contributed by atoms with E-state index in [0.29, 0.717) is 41.4 Å². The molecule has 3 N–H and O–H groups in total. The summed E-state index contributed by atoms with van der Waals surface area (Å²) in [5.41, 5.74) is 3.65. The molecule has 1 saturated carbocycles.